The van der Waals surface area contributed by atoms with Crippen LogP contribution in [-0.2, 0) is 17.6 Å². The molecule has 0 spiro atoms. The molecule has 0 bridgehead atoms. The Morgan fingerprint density at radius 1 is 1.26 bits per heavy atom. The molecule has 1 saturated heterocycles. The first-order valence-corrected chi connectivity index (χ1v) is 9.47. The van der Waals surface area contributed by atoms with E-state index in [4.69, 9.17) is 0 Å². The fourth-order valence-electron chi connectivity index (χ4n) is 4.00. The molecule has 1 fully saturated rings. The van der Waals surface area contributed by atoms with E-state index in [0.717, 1.165) is 55.5 Å². The van der Waals surface area contributed by atoms with Crippen molar-refractivity contribution in [2.45, 2.75) is 51.5 Å². The van der Waals surface area contributed by atoms with Crippen molar-refractivity contribution in [3.8, 4) is 6.07 Å². The summed E-state index contributed by atoms with van der Waals surface area (Å²) in [7, 11) is 0. The zero-order valence-corrected chi connectivity index (χ0v) is 15.4. The second-order valence-electron chi connectivity index (χ2n) is 7.15. The number of aromatic nitrogens is 3. The number of hydrogen-bond acceptors (Lipinski definition) is 6. The predicted molar refractivity (Wildman–Crippen MR) is 101 cm³/mol. The molecule has 0 saturated carbocycles. The van der Waals surface area contributed by atoms with Crippen LogP contribution in [0, 0.1) is 18.3 Å². The van der Waals surface area contributed by atoms with Crippen LogP contribution in [0.5, 0.6) is 0 Å². The number of amides is 1. The predicted octanol–water partition coefficient (Wildman–Crippen LogP) is 2.54. The van der Waals surface area contributed by atoms with Crippen LogP contribution in [0.15, 0.2) is 18.2 Å². The number of rotatable bonds is 3. The standard InChI is InChI=1S/C20H22N6O/c1-13-6-4-10-18(22-13)23-20(27)17-9-5-11-26(17)19-15(12-21)14-7-2-3-8-16(14)24-25-19/h4,6,10,17H,2-3,5,7-9,11H2,1H3,(H,22,23,27)/t17-/m0/s1. The number of anilines is 2. The normalized spacial score (nSPS) is 18.7. The summed E-state index contributed by atoms with van der Waals surface area (Å²) < 4.78 is 0. The lowest BCUT2D eigenvalue weighted by molar-refractivity contribution is -0.117. The molecule has 4 rings (SSSR count). The number of fused-ring (bicyclic) bond motifs is 1. The summed E-state index contributed by atoms with van der Waals surface area (Å²) >= 11 is 0. The van der Waals surface area contributed by atoms with Crippen LogP contribution < -0.4 is 10.2 Å². The minimum Gasteiger partial charge on any atom is -0.342 e. The number of pyridine rings is 1. The van der Waals surface area contributed by atoms with E-state index in [1.807, 2.05) is 24.0 Å². The Hall–Kier alpha value is -3.01. The molecule has 2 aromatic heterocycles. The van der Waals surface area contributed by atoms with E-state index in [-0.39, 0.29) is 11.9 Å². The Labute approximate surface area is 158 Å². The molecule has 3 heterocycles. The third-order valence-corrected chi connectivity index (χ3v) is 5.31. The van der Waals surface area contributed by atoms with Crippen LogP contribution in [0.2, 0.25) is 0 Å². The molecule has 0 unspecified atom stereocenters. The van der Waals surface area contributed by atoms with Crippen LogP contribution >= 0.6 is 0 Å². The van der Waals surface area contributed by atoms with E-state index >= 15 is 0 Å². The maximum absolute atomic E-state index is 12.9. The van der Waals surface area contributed by atoms with Gasteiger partial charge in [0.25, 0.3) is 0 Å². The van der Waals surface area contributed by atoms with Crippen molar-refractivity contribution >= 4 is 17.5 Å². The van der Waals surface area contributed by atoms with Crippen LogP contribution in [0.25, 0.3) is 0 Å². The summed E-state index contributed by atoms with van der Waals surface area (Å²) in [6.07, 6.45) is 5.49. The van der Waals surface area contributed by atoms with Crippen molar-refractivity contribution in [1.29, 1.82) is 5.26 Å². The number of carbonyl (C=O) groups is 1. The van der Waals surface area contributed by atoms with Crippen molar-refractivity contribution in [3.05, 3.63) is 40.7 Å². The van der Waals surface area contributed by atoms with Crippen molar-refractivity contribution in [2.75, 3.05) is 16.8 Å². The van der Waals surface area contributed by atoms with Crippen molar-refractivity contribution in [2.24, 2.45) is 0 Å². The molecule has 2 aliphatic rings. The van der Waals surface area contributed by atoms with Gasteiger partial charge in [0.05, 0.1) is 5.69 Å². The number of nitrogens with zero attached hydrogens (tertiary/aromatic N) is 5. The molecule has 7 heteroatoms. The van der Waals surface area contributed by atoms with Gasteiger partial charge < -0.3 is 10.2 Å². The summed E-state index contributed by atoms with van der Waals surface area (Å²) in [5.74, 6) is 0.978. The smallest absolute Gasteiger partial charge is 0.248 e. The van der Waals surface area contributed by atoms with Gasteiger partial charge in [0.1, 0.15) is 23.5 Å². The van der Waals surface area contributed by atoms with Crippen LogP contribution in [0.4, 0.5) is 11.6 Å². The monoisotopic (exact) mass is 362 g/mol. The summed E-state index contributed by atoms with van der Waals surface area (Å²) in [5, 5.41) is 21.4. The zero-order valence-electron chi connectivity index (χ0n) is 15.4. The first kappa shape index (κ1) is 17.4. The lowest BCUT2D eigenvalue weighted by Gasteiger charge is -2.27. The number of nitriles is 1. The van der Waals surface area contributed by atoms with E-state index in [9.17, 15) is 10.1 Å². The van der Waals surface area contributed by atoms with Gasteiger partial charge in [-0.3, -0.25) is 4.79 Å². The zero-order chi connectivity index (χ0) is 18.8. The fourth-order valence-corrected chi connectivity index (χ4v) is 4.00. The van der Waals surface area contributed by atoms with E-state index in [1.54, 1.807) is 6.07 Å². The first-order valence-electron chi connectivity index (χ1n) is 9.47. The minimum absolute atomic E-state index is 0.117. The minimum atomic E-state index is -0.365. The van der Waals surface area contributed by atoms with Crippen LogP contribution in [0.1, 0.15) is 48.2 Å². The largest absolute Gasteiger partial charge is 0.342 e. The molecule has 1 N–H and O–H groups in total. The molecule has 1 aliphatic carbocycles. The van der Waals surface area contributed by atoms with E-state index in [2.05, 4.69) is 26.6 Å². The summed E-state index contributed by atoms with van der Waals surface area (Å²) in [5.41, 5.74) is 3.39. The Morgan fingerprint density at radius 2 is 2.11 bits per heavy atom. The molecule has 7 nitrogen and oxygen atoms in total. The number of hydrogen-bond donors (Lipinski definition) is 1. The highest BCUT2D eigenvalue weighted by Gasteiger charge is 2.35. The van der Waals surface area contributed by atoms with E-state index < -0.39 is 0 Å². The summed E-state index contributed by atoms with van der Waals surface area (Å²) in [6.45, 7) is 2.58. The molecule has 0 radical (unpaired) electrons. The highest BCUT2D eigenvalue weighted by Crippen LogP contribution is 2.32. The SMILES string of the molecule is Cc1cccc(NC(=O)[C@@H]2CCCN2c2nnc3c(c2C#N)CCCC3)n1. The molecule has 2 aromatic rings. The van der Waals surface area contributed by atoms with Gasteiger partial charge in [-0.05, 0) is 63.1 Å². The van der Waals surface area contributed by atoms with Gasteiger partial charge in [-0.2, -0.15) is 10.4 Å². The number of nitrogens with one attached hydrogen (secondary N) is 1. The Morgan fingerprint density at radius 3 is 2.93 bits per heavy atom. The van der Waals surface area contributed by atoms with E-state index in [1.165, 1.54) is 0 Å². The summed E-state index contributed by atoms with van der Waals surface area (Å²) in [6, 6.07) is 7.50. The molecule has 1 amide bonds. The lowest BCUT2D eigenvalue weighted by Crippen LogP contribution is -2.41. The maximum atomic E-state index is 12.9. The Balaban J connectivity index is 1.62. The van der Waals surface area contributed by atoms with Gasteiger partial charge in [-0.1, -0.05) is 6.07 Å². The number of aryl methyl sites for hydroxylation is 2. The maximum Gasteiger partial charge on any atom is 0.248 e. The second-order valence-corrected chi connectivity index (χ2v) is 7.15. The van der Waals surface area contributed by atoms with Gasteiger partial charge in [0, 0.05) is 12.2 Å². The highest BCUT2D eigenvalue weighted by molar-refractivity contribution is 5.96. The molecule has 1 atom stereocenters. The van der Waals surface area contributed by atoms with Crippen LogP contribution in [0.3, 0.4) is 0 Å². The second kappa shape index (κ2) is 7.31. The molecule has 27 heavy (non-hydrogen) atoms. The van der Waals surface area contributed by atoms with Crippen molar-refractivity contribution < 1.29 is 4.79 Å². The highest BCUT2D eigenvalue weighted by atomic mass is 16.2. The third kappa shape index (κ3) is 3.35. The molecular formula is C20H22N6O. The number of carbonyl (C=O) groups excluding carboxylic acids is 1. The molecule has 1 aliphatic heterocycles. The lowest BCUT2D eigenvalue weighted by atomic mass is 9.93. The Kier molecular flexibility index (Phi) is 4.71. The van der Waals surface area contributed by atoms with Crippen molar-refractivity contribution in [3.63, 3.8) is 0 Å². The molecule has 0 aromatic carbocycles. The quantitative estimate of drug-likeness (QED) is 0.901. The van der Waals surface area contributed by atoms with Gasteiger partial charge in [0.2, 0.25) is 5.91 Å². The van der Waals surface area contributed by atoms with Gasteiger partial charge in [-0.25, -0.2) is 4.98 Å². The average molecular weight is 362 g/mol. The Bertz CT molecular complexity index is 919. The molecular weight excluding hydrogens is 340 g/mol. The first-order chi connectivity index (χ1) is 13.2. The average Bonchev–Trinajstić information content (AvgIpc) is 3.17. The topological polar surface area (TPSA) is 94.8 Å². The fraction of sp³-hybridized carbons (Fsp3) is 0.450. The third-order valence-electron chi connectivity index (χ3n) is 5.31. The van der Waals surface area contributed by atoms with E-state index in [0.29, 0.717) is 23.7 Å². The van der Waals surface area contributed by atoms with Crippen LogP contribution in [-0.4, -0.2) is 33.7 Å². The van der Waals surface area contributed by atoms with Crippen molar-refractivity contribution in [1.82, 2.24) is 15.2 Å². The molecule has 138 valence electrons. The van der Waals surface area contributed by atoms with Gasteiger partial charge in [0.15, 0.2) is 5.82 Å². The van der Waals surface area contributed by atoms with Gasteiger partial charge in [-0.15, -0.1) is 5.10 Å². The summed E-state index contributed by atoms with van der Waals surface area (Å²) in [4.78, 5) is 19.2. The van der Waals surface area contributed by atoms with Gasteiger partial charge >= 0.3 is 0 Å².